The molecule has 17 heavy (non-hydrogen) atoms. The molecule has 0 amide bonds. The monoisotopic (exact) mass is 243 g/mol. The summed E-state index contributed by atoms with van der Waals surface area (Å²) in [6.07, 6.45) is -0.0343. The first-order valence-corrected chi connectivity index (χ1v) is 5.26. The van der Waals surface area contributed by atoms with Gasteiger partial charge in [0.25, 0.3) is 0 Å². The van der Waals surface area contributed by atoms with Gasteiger partial charge in [-0.3, -0.25) is 9.69 Å². The summed E-state index contributed by atoms with van der Waals surface area (Å²) >= 11 is 0. The summed E-state index contributed by atoms with van der Waals surface area (Å²) in [5.41, 5.74) is 0.227. The van der Waals surface area contributed by atoms with Crippen molar-refractivity contribution in [2.45, 2.75) is 25.9 Å². The van der Waals surface area contributed by atoms with E-state index in [-0.39, 0.29) is 24.6 Å². The second-order valence-electron chi connectivity index (χ2n) is 4.10. The third-order valence-corrected chi connectivity index (χ3v) is 2.65. The summed E-state index contributed by atoms with van der Waals surface area (Å²) in [6, 6.07) is 3.01. The van der Waals surface area contributed by atoms with Crippen molar-refractivity contribution in [3.63, 3.8) is 0 Å². The number of aliphatic carboxylic acids is 1. The third-order valence-electron chi connectivity index (χ3n) is 2.65. The van der Waals surface area contributed by atoms with Crippen LogP contribution < -0.4 is 0 Å². The molecule has 0 bridgehead atoms. The lowest BCUT2D eigenvalue weighted by Gasteiger charge is -2.23. The highest BCUT2D eigenvalue weighted by Crippen LogP contribution is 2.14. The summed E-state index contributed by atoms with van der Waals surface area (Å²) < 4.78 is 26.3. The molecule has 94 valence electrons. The van der Waals surface area contributed by atoms with Gasteiger partial charge in [0.15, 0.2) is 0 Å². The van der Waals surface area contributed by atoms with Gasteiger partial charge in [-0.2, -0.15) is 0 Å². The maximum atomic E-state index is 13.3. The molecule has 0 aliphatic carbocycles. The van der Waals surface area contributed by atoms with Crippen LogP contribution in [0.15, 0.2) is 18.2 Å². The Morgan fingerprint density at radius 2 is 2.12 bits per heavy atom. The normalized spacial score (nSPS) is 12.8. The van der Waals surface area contributed by atoms with Crippen LogP contribution in [0.1, 0.15) is 18.9 Å². The Labute approximate surface area is 98.7 Å². The Morgan fingerprint density at radius 3 is 2.71 bits per heavy atom. The maximum absolute atomic E-state index is 13.3. The molecular formula is C12H15F2NO2. The Kier molecular flexibility index (Phi) is 4.57. The molecule has 1 unspecified atom stereocenters. The van der Waals surface area contributed by atoms with Crippen LogP contribution in [0.3, 0.4) is 0 Å². The third kappa shape index (κ3) is 4.11. The van der Waals surface area contributed by atoms with Gasteiger partial charge in [0, 0.05) is 18.2 Å². The second-order valence-corrected chi connectivity index (χ2v) is 4.10. The minimum absolute atomic E-state index is 0.0343. The summed E-state index contributed by atoms with van der Waals surface area (Å²) in [4.78, 5) is 12.2. The predicted molar refractivity (Wildman–Crippen MR) is 59.5 cm³/mol. The molecule has 0 aromatic heterocycles. The van der Waals surface area contributed by atoms with E-state index in [1.165, 1.54) is 0 Å². The van der Waals surface area contributed by atoms with E-state index < -0.39 is 17.6 Å². The first-order chi connectivity index (χ1) is 7.90. The number of carboxylic acid groups (broad SMARTS) is 1. The van der Waals surface area contributed by atoms with Crippen molar-refractivity contribution in [1.82, 2.24) is 4.90 Å². The van der Waals surface area contributed by atoms with E-state index >= 15 is 0 Å². The van der Waals surface area contributed by atoms with Gasteiger partial charge in [-0.15, -0.1) is 0 Å². The SMILES string of the molecule is CC(CC(=O)O)N(C)Cc1cc(F)ccc1F. The topological polar surface area (TPSA) is 40.5 Å². The molecule has 1 rings (SSSR count). The van der Waals surface area contributed by atoms with Gasteiger partial charge in [-0.05, 0) is 32.2 Å². The van der Waals surface area contributed by atoms with Crippen molar-refractivity contribution < 1.29 is 18.7 Å². The average molecular weight is 243 g/mol. The number of benzene rings is 1. The molecule has 3 nitrogen and oxygen atoms in total. The summed E-state index contributed by atoms with van der Waals surface area (Å²) in [5, 5.41) is 8.64. The Bertz CT molecular complexity index is 409. The molecule has 0 saturated heterocycles. The fourth-order valence-electron chi connectivity index (χ4n) is 1.50. The number of nitrogens with zero attached hydrogens (tertiary/aromatic N) is 1. The van der Waals surface area contributed by atoms with Gasteiger partial charge in [0.05, 0.1) is 6.42 Å². The van der Waals surface area contributed by atoms with E-state index in [0.29, 0.717) is 0 Å². The van der Waals surface area contributed by atoms with Crippen LogP contribution in [0.25, 0.3) is 0 Å². The highest BCUT2D eigenvalue weighted by molar-refractivity contribution is 5.67. The number of carbonyl (C=O) groups is 1. The molecule has 0 fully saturated rings. The Morgan fingerprint density at radius 1 is 1.47 bits per heavy atom. The maximum Gasteiger partial charge on any atom is 0.304 e. The van der Waals surface area contributed by atoms with Gasteiger partial charge in [0.2, 0.25) is 0 Å². The number of carboxylic acids is 1. The highest BCUT2D eigenvalue weighted by atomic mass is 19.1. The van der Waals surface area contributed by atoms with Crippen molar-refractivity contribution in [2.75, 3.05) is 7.05 Å². The van der Waals surface area contributed by atoms with Crippen LogP contribution in [0.4, 0.5) is 8.78 Å². The molecule has 1 aromatic rings. The average Bonchev–Trinajstić information content (AvgIpc) is 2.22. The quantitative estimate of drug-likeness (QED) is 0.862. The highest BCUT2D eigenvalue weighted by Gasteiger charge is 2.15. The molecule has 0 radical (unpaired) electrons. The first-order valence-electron chi connectivity index (χ1n) is 5.26. The van der Waals surface area contributed by atoms with Crippen LogP contribution in [-0.4, -0.2) is 29.1 Å². The van der Waals surface area contributed by atoms with Gasteiger partial charge < -0.3 is 5.11 Å². The lowest BCUT2D eigenvalue weighted by molar-refractivity contribution is -0.138. The molecule has 1 N–H and O–H groups in total. The fourth-order valence-corrected chi connectivity index (χ4v) is 1.50. The summed E-state index contributed by atoms with van der Waals surface area (Å²) in [5.74, 6) is -1.90. The van der Waals surface area contributed by atoms with Crippen LogP contribution in [0.5, 0.6) is 0 Å². The molecule has 5 heteroatoms. The van der Waals surface area contributed by atoms with Crippen molar-refractivity contribution >= 4 is 5.97 Å². The molecule has 1 atom stereocenters. The second kappa shape index (κ2) is 5.72. The largest absolute Gasteiger partial charge is 0.481 e. The van der Waals surface area contributed by atoms with E-state index in [0.717, 1.165) is 18.2 Å². The van der Waals surface area contributed by atoms with Gasteiger partial charge >= 0.3 is 5.97 Å². The molecule has 0 saturated carbocycles. The zero-order valence-electron chi connectivity index (χ0n) is 9.78. The van der Waals surface area contributed by atoms with Gasteiger partial charge in [0.1, 0.15) is 11.6 Å². The minimum Gasteiger partial charge on any atom is -0.481 e. The lowest BCUT2D eigenvalue weighted by atomic mass is 10.1. The zero-order chi connectivity index (χ0) is 13.0. The first kappa shape index (κ1) is 13.6. The number of halogens is 2. The summed E-state index contributed by atoms with van der Waals surface area (Å²) in [7, 11) is 1.68. The smallest absolute Gasteiger partial charge is 0.304 e. The molecule has 0 aliphatic heterocycles. The Hall–Kier alpha value is -1.49. The van der Waals surface area contributed by atoms with E-state index in [9.17, 15) is 13.6 Å². The Balaban J connectivity index is 2.70. The van der Waals surface area contributed by atoms with E-state index in [4.69, 9.17) is 5.11 Å². The van der Waals surface area contributed by atoms with Crippen LogP contribution >= 0.6 is 0 Å². The van der Waals surface area contributed by atoms with Gasteiger partial charge in [-0.1, -0.05) is 0 Å². The molecule has 0 heterocycles. The van der Waals surface area contributed by atoms with Crippen molar-refractivity contribution in [2.24, 2.45) is 0 Å². The molecule has 1 aromatic carbocycles. The van der Waals surface area contributed by atoms with E-state index in [1.54, 1.807) is 18.9 Å². The molecular weight excluding hydrogens is 228 g/mol. The van der Waals surface area contributed by atoms with Crippen molar-refractivity contribution in [1.29, 1.82) is 0 Å². The van der Waals surface area contributed by atoms with Crippen LogP contribution in [0, 0.1) is 11.6 Å². The van der Waals surface area contributed by atoms with Crippen molar-refractivity contribution in [3.8, 4) is 0 Å². The predicted octanol–water partition coefficient (Wildman–Crippen LogP) is 2.26. The molecule has 0 aliphatic rings. The number of hydrogen-bond donors (Lipinski definition) is 1. The van der Waals surface area contributed by atoms with E-state index in [1.807, 2.05) is 0 Å². The minimum atomic E-state index is -0.913. The van der Waals surface area contributed by atoms with Gasteiger partial charge in [-0.25, -0.2) is 8.78 Å². The molecule has 0 spiro atoms. The zero-order valence-corrected chi connectivity index (χ0v) is 9.78. The standard InChI is InChI=1S/C12H15F2NO2/c1-8(5-12(16)17)15(2)7-9-6-10(13)3-4-11(9)14/h3-4,6,8H,5,7H2,1-2H3,(H,16,17). The number of hydrogen-bond acceptors (Lipinski definition) is 2. The van der Waals surface area contributed by atoms with E-state index in [2.05, 4.69) is 0 Å². The van der Waals surface area contributed by atoms with Crippen LogP contribution in [0.2, 0.25) is 0 Å². The summed E-state index contributed by atoms with van der Waals surface area (Å²) in [6.45, 7) is 1.91. The fraction of sp³-hybridized carbons (Fsp3) is 0.417. The lowest BCUT2D eigenvalue weighted by Crippen LogP contribution is -2.31. The van der Waals surface area contributed by atoms with Crippen molar-refractivity contribution in [3.05, 3.63) is 35.4 Å². The number of rotatable bonds is 5. The van der Waals surface area contributed by atoms with Crippen LogP contribution in [-0.2, 0) is 11.3 Å².